The van der Waals surface area contributed by atoms with Crippen molar-refractivity contribution in [1.29, 1.82) is 0 Å². The van der Waals surface area contributed by atoms with Gasteiger partial charge in [-0.15, -0.1) is 0 Å². The zero-order valence-electron chi connectivity index (χ0n) is 22.3. The molecule has 9 heteroatoms. The van der Waals surface area contributed by atoms with Gasteiger partial charge in [-0.25, -0.2) is 0 Å². The summed E-state index contributed by atoms with van der Waals surface area (Å²) in [7, 11) is 0. The van der Waals surface area contributed by atoms with Crippen LogP contribution >= 0.6 is 0 Å². The lowest BCUT2D eigenvalue weighted by Gasteiger charge is -2.20. The molecule has 0 saturated heterocycles. The van der Waals surface area contributed by atoms with Gasteiger partial charge in [-0.2, -0.15) is 13.2 Å². The molecule has 3 N–H and O–H groups in total. The van der Waals surface area contributed by atoms with E-state index in [2.05, 4.69) is 16.7 Å². The molecular weight excluding hydrogens is 533 g/mol. The number of halogens is 3. The molecule has 0 fully saturated rings. The summed E-state index contributed by atoms with van der Waals surface area (Å²) in [6, 6.07) is 18.8. The van der Waals surface area contributed by atoms with E-state index in [1.807, 2.05) is 24.3 Å². The van der Waals surface area contributed by atoms with Gasteiger partial charge in [0.15, 0.2) is 0 Å². The highest BCUT2D eigenvalue weighted by molar-refractivity contribution is 5.96. The van der Waals surface area contributed by atoms with E-state index in [1.54, 1.807) is 24.3 Å². The highest BCUT2D eigenvalue weighted by atomic mass is 19.4. The number of carbonyl (C=O) groups excluding carboxylic acids is 2. The molecule has 1 atom stereocenters. The van der Waals surface area contributed by atoms with Gasteiger partial charge in [0, 0.05) is 17.8 Å². The van der Waals surface area contributed by atoms with Crippen molar-refractivity contribution in [2.24, 2.45) is 0 Å². The Morgan fingerprint density at radius 2 is 1.66 bits per heavy atom. The molecule has 0 spiro atoms. The van der Waals surface area contributed by atoms with E-state index in [0.717, 1.165) is 42.5 Å². The van der Waals surface area contributed by atoms with Crippen LogP contribution in [0.15, 0.2) is 78.9 Å². The SMILES string of the molecule is O=C(O)CCNC(=O)c1ccc(CC(C(=O)Nc2cccc(C(F)(F)F)c2)c2ccc(C3=CCCCC3)cc2)cc1. The van der Waals surface area contributed by atoms with Crippen molar-refractivity contribution >= 4 is 29.0 Å². The van der Waals surface area contributed by atoms with E-state index in [9.17, 15) is 27.6 Å². The van der Waals surface area contributed by atoms with E-state index in [0.29, 0.717) is 11.1 Å². The van der Waals surface area contributed by atoms with Crippen molar-refractivity contribution in [1.82, 2.24) is 5.32 Å². The van der Waals surface area contributed by atoms with Crippen molar-refractivity contribution < 1.29 is 32.7 Å². The molecule has 214 valence electrons. The largest absolute Gasteiger partial charge is 0.481 e. The Morgan fingerprint density at radius 1 is 0.927 bits per heavy atom. The number of hydrogen-bond donors (Lipinski definition) is 3. The number of aliphatic carboxylic acids is 1. The summed E-state index contributed by atoms with van der Waals surface area (Å²) < 4.78 is 39.7. The summed E-state index contributed by atoms with van der Waals surface area (Å²) in [6.45, 7) is 0.000596. The maximum atomic E-state index is 13.5. The van der Waals surface area contributed by atoms with Crippen LogP contribution < -0.4 is 10.6 Å². The molecular formula is C32H31F3N2O4. The van der Waals surface area contributed by atoms with Crippen LogP contribution in [-0.4, -0.2) is 29.4 Å². The summed E-state index contributed by atoms with van der Waals surface area (Å²) in [4.78, 5) is 36.5. The van der Waals surface area contributed by atoms with Crippen LogP contribution in [0.5, 0.6) is 0 Å². The molecule has 41 heavy (non-hydrogen) atoms. The van der Waals surface area contributed by atoms with Gasteiger partial charge in [0.25, 0.3) is 5.91 Å². The molecule has 0 saturated carbocycles. The lowest BCUT2D eigenvalue weighted by molar-refractivity contribution is -0.138. The van der Waals surface area contributed by atoms with Gasteiger partial charge < -0.3 is 15.7 Å². The average molecular weight is 565 g/mol. The van der Waals surface area contributed by atoms with Gasteiger partial charge in [0.2, 0.25) is 5.91 Å². The average Bonchev–Trinajstić information content (AvgIpc) is 2.96. The fourth-order valence-corrected chi connectivity index (χ4v) is 4.81. The number of alkyl halides is 3. The van der Waals surface area contributed by atoms with Crippen molar-refractivity contribution in [3.8, 4) is 0 Å². The lowest BCUT2D eigenvalue weighted by atomic mass is 9.88. The number of rotatable bonds is 10. The first-order valence-electron chi connectivity index (χ1n) is 13.5. The zero-order chi connectivity index (χ0) is 29.4. The molecule has 1 aliphatic rings. The zero-order valence-corrected chi connectivity index (χ0v) is 22.3. The molecule has 0 radical (unpaired) electrons. The molecule has 1 aliphatic carbocycles. The molecule has 1 unspecified atom stereocenters. The topological polar surface area (TPSA) is 95.5 Å². The summed E-state index contributed by atoms with van der Waals surface area (Å²) in [6.07, 6.45) is 2.07. The third-order valence-corrected chi connectivity index (χ3v) is 7.03. The Balaban J connectivity index is 1.55. The van der Waals surface area contributed by atoms with Gasteiger partial charge in [0.05, 0.1) is 17.9 Å². The van der Waals surface area contributed by atoms with Gasteiger partial charge in [0.1, 0.15) is 0 Å². The van der Waals surface area contributed by atoms with Crippen LogP contribution in [0.1, 0.15) is 70.6 Å². The van der Waals surface area contributed by atoms with Crippen molar-refractivity contribution in [2.75, 3.05) is 11.9 Å². The molecule has 6 nitrogen and oxygen atoms in total. The van der Waals surface area contributed by atoms with E-state index >= 15 is 0 Å². The molecule has 3 aromatic carbocycles. The van der Waals surface area contributed by atoms with Crippen LogP contribution in [0.25, 0.3) is 5.57 Å². The van der Waals surface area contributed by atoms with Crippen LogP contribution in [0.3, 0.4) is 0 Å². The smallest absolute Gasteiger partial charge is 0.416 e. The normalized spacial score (nSPS) is 14.1. The Kier molecular flexibility index (Phi) is 9.60. The van der Waals surface area contributed by atoms with E-state index in [-0.39, 0.29) is 25.1 Å². The van der Waals surface area contributed by atoms with Gasteiger partial charge in [-0.05, 0) is 84.7 Å². The Hall–Kier alpha value is -4.40. The molecule has 0 aliphatic heterocycles. The second-order valence-electron chi connectivity index (χ2n) is 10.0. The first-order chi connectivity index (χ1) is 19.6. The van der Waals surface area contributed by atoms with Crippen LogP contribution in [0.2, 0.25) is 0 Å². The van der Waals surface area contributed by atoms with Crippen molar-refractivity contribution in [3.05, 3.63) is 107 Å². The number of carboxylic acid groups (broad SMARTS) is 1. The van der Waals surface area contributed by atoms with Gasteiger partial charge in [-0.1, -0.05) is 48.5 Å². The van der Waals surface area contributed by atoms with Crippen LogP contribution in [0.4, 0.5) is 18.9 Å². The molecule has 3 aromatic rings. The number of anilines is 1. The first kappa shape index (κ1) is 29.6. The van der Waals surface area contributed by atoms with Crippen molar-refractivity contribution in [3.63, 3.8) is 0 Å². The Morgan fingerprint density at radius 3 is 2.29 bits per heavy atom. The monoisotopic (exact) mass is 564 g/mol. The lowest BCUT2D eigenvalue weighted by Crippen LogP contribution is -2.26. The molecule has 4 rings (SSSR count). The summed E-state index contributed by atoms with van der Waals surface area (Å²) >= 11 is 0. The second kappa shape index (κ2) is 13.3. The number of nitrogens with one attached hydrogen (secondary N) is 2. The predicted octanol–water partition coefficient (Wildman–Crippen LogP) is 6.83. The summed E-state index contributed by atoms with van der Waals surface area (Å²) in [5, 5.41) is 13.9. The minimum absolute atomic E-state index is 0.000596. The fraction of sp³-hybridized carbons (Fsp3) is 0.281. The summed E-state index contributed by atoms with van der Waals surface area (Å²) in [5.74, 6) is -2.60. The van der Waals surface area contributed by atoms with E-state index in [4.69, 9.17) is 5.11 Å². The van der Waals surface area contributed by atoms with Crippen LogP contribution in [-0.2, 0) is 22.2 Å². The fourth-order valence-electron chi connectivity index (χ4n) is 4.81. The van der Waals surface area contributed by atoms with Gasteiger partial charge >= 0.3 is 12.1 Å². The number of hydrogen-bond acceptors (Lipinski definition) is 3. The minimum Gasteiger partial charge on any atom is -0.481 e. The van der Waals surface area contributed by atoms with Crippen LogP contribution in [0, 0.1) is 0 Å². The van der Waals surface area contributed by atoms with E-state index < -0.39 is 35.4 Å². The maximum Gasteiger partial charge on any atom is 0.416 e. The standard InChI is InChI=1S/C32H31F3N2O4/c33-32(34,35)26-7-4-8-27(20-26)37-31(41)28(24-15-13-23(14-16-24)22-5-2-1-3-6-22)19-21-9-11-25(12-10-21)30(40)36-18-17-29(38)39/h4-5,7-16,20,28H,1-3,6,17-19H2,(H,36,40)(H,37,41)(H,38,39). The highest BCUT2D eigenvalue weighted by Crippen LogP contribution is 2.32. The maximum absolute atomic E-state index is 13.5. The number of carboxylic acids is 1. The minimum atomic E-state index is -4.54. The number of amides is 2. The van der Waals surface area contributed by atoms with E-state index in [1.165, 1.54) is 24.1 Å². The van der Waals surface area contributed by atoms with Gasteiger partial charge in [-0.3, -0.25) is 14.4 Å². The molecule has 2 amide bonds. The third-order valence-electron chi connectivity index (χ3n) is 7.03. The molecule has 0 bridgehead atoms. The predicted molar refractivity (Wildman–Crippen MR) is 150 cm³/mol. The van der Waals surface area contributed by atoms with Crippen molar-refractivity contribution in [2.45, 2.75) is 50.6 Å². The Bertz CT molecular complexity index is 1410. The number of benzene rings is 3. The Labute approximate surface area is 236 Å². The third kappa shape index (κ3) is 8.30. The number of allylic oxidation sites excluding steroid dienone is 2. The molecule has 0 aromatic heterocycles. The number of carbonyl (C=O) groups is 3. The summed E-state index contributed by atoms with van der Waals surface area (Å²) in [5.41, 5.74) is 3.35. The quantitative estimate of drug-likeness (QED) is 0.252. The second-order valence-corrected chi connectivity index (χ2v) is 10.0. The first-order valence-corrected chi connectivity index (χ1v) is 13.5. The molecule has 0 heterocycles. The highest BCUT2D eigenvalue weighted by Gasteiger charge is 2.31.